The number of benzene rings is 2. The molecule has 0 amide bonds. The maximum Gasteiger partial charge on any atom is 0.231 e. The molecule has 3 heteroatoms. The van der Waals surface area contributed by atoms with Crippen LogP contribution >= 0.6 is 11.6 Å². The van der Waals surface area contributed by atoms with Crippen LogP contribution in [0.15, 0.2) is 36.4 Å². The lowest BCUT2D eigenvalue weighted by Gasteiger charge is -2.07. The summed E-state index contributed by atoms with van der Waals surface area (Å²) in [5.41, 5.74) is 3.72. The number of fused-ring (bicyclic) bond motifs is 1. The molecule has 2 aromatic rings. The van der Waals surface area contributed by atoms with Crippen LogP contribution in [-0.2, 0) is 19.3 Å². The van der Waals surface area contributed by atoms with Crippen LogP contribution < -0.4 is 9.47 Å². The van der Waals surface area contributed by atoms with Crippen LogP contribution in [0.25, 0.3) is 0 Å². The fourth-order valence-electron chi connectivity index (χ4n) is 2.39. The van der Waals surface area contributed by atoms with Gasteiger partial charge in [0.25, 0.3) is 0 Å². The topological polar surface area (TPSA) is 18.5 Å². The highest BCUT2D eigenvalue weighted by atomic mass is 35.5. The van der Waals surface area contributed by atoms with Gasteiger partial charge in [-0.15, -0.1) is 0 Å². The first-order chi connectivity index (χ1) is 9.76. The SMILES string of the molecule is CCc1ccc(CCc2ccc3c(c2)OCO3)c(Cl)c1. The quantitative estimate of drug-likeness (QED) is 0.829. The molecule has 0 N–H and O–H groups in total. The van der Waals surface area contributed by atoms with Gasteiger partial charge >= 0.3 is 0 Å². The molecular formula is C17H17ClO2. The molecule has 0 unspecified atom stereocenters. The zero-order valence-electron chi connectivity index (χ0n) is 11.5. The number of hydrogen-bond acceptors (Lipinski definition) is 2. The second-order valence-electron chi connectivity index (χ2n) is 4.97. The monoisotopic (exact) mass is 288 g/mol. The molecule has 0 fully saturated rings. The summed E-state index contributed by atoms with van der Waals surface area (Å²) < 4.78 is 10.7. The van der Waals surface area contributed by atoms with Gasteiger partial charge in [-0.3, -0.25) is 0 Å². The van der Waals surface area contributed by atoms with Crippen LogP contribution in [0, 0.1) is 0 Å². The molecule has 2 nitrogen and oxygen atoms in total. The Morgan fingerprint density at radius 1 is 0.950 bits per heavy atom. The molecule has 104 valence electrons. The number of hydrogen-bond donors (Lipinski definition) is 0. The summed E-state index contributed by atoms with van der Waals surface area (Å²) in [7, 11) is 0. The molecule has 0 radical (unpaired) electrons. The fourth-order valence-corrected chi connectivity index (χ4v) is 2.69. The summed E-state index contributed by atoms with van der Waals surface area (Å²) in [5.74, 6) is 1.68. The molecule has 1 aliphatic rings. The van der Waals surface area contributed by atoms with Crippen LogP contribution in [0.5, 0.6) is 11.5 Å². The van der Waals surface area contributed by atoms with Crippen LogP contribution in [0.3, 0.4) is 0 Å². The van der Waals surface area contributed by atoms with Crippen molar-refractivity contribution in [2.75, 3.05) is 6.79 Å². The zero-order valence-corrected chi connectivity index (χ0v) is 12.2. The average Bonchev–Trinajstić information content (AvgIpc) is 2.93. The summed E-state index contributed by atoms with van der Waals surface area (Å²) in [6.45, 7) is 2.46. The van der Waals surface area contributed by atoms with Crippen molar-refractivity contribution in [1.82, 2.24) is 0 Å². The van der Waals surface area contributed by atoms with E-state index >= 15 is 0 Å². The first-order valence-electron chi connectivity index (χ1n) is 6.92. The van der Waals surface area contributed by atoms with Gasteiger partial charge in [0.1, 0.15) is 0 Å². The fraction of sp³-hybridized carbons (Fsp3) is 0.294. The first-order valence-corrected chi connectivity index (χ1v) is 7.30. The van der Waals surface area contributed by atoms with Gasteiger partial charge in [-0.1, -0.05) is 36.7 Å². The molecule has 20 heavy (non-hydrogen) atoms. The largest absolute Gasteiger partial charge is 0.454 e. The second kappa shape index (κ2) is 5.76. The Balaban J connectivity index is 1.70. The third kappa shape index (κ3) is 2.75. The molecule has 0 saturated heterocycles. The van der Waals surface area contributed by atoms with Gasteiger partial charge in [-0.05, 0) is 54.2 Å². The highest BCUT2D eigenvalue weighted by Crippen LogP contribution is 2.33. The van der Waals surface area contributed by atoms with Gasteiger partial charge < -0.3 is 9.47 Å². The number of rotatable bonds is 4. The highest BCUT2D eigenvalue weighted by Gasteiger charge is 2.13. The lowest BCUT2D eigenvalue weighted by Crippen LogP contribution is -1.94. The van der Waals surface area contributed by atoms with E-state index in [1.807, 2.05) is 6.07 Å². The lowest BCUT2D eigenvalue weighted by molar-refractivity contribution is 0.174. The zero-order chi connectivity index (χ0) is 13.9. The van der Waals surface area contributed by atoms with E-state index in [4.69, 9.17) is 21.1 Å². The van der Waals surface area contributed by atoms with E-state index < -0.39 is 0 Å². The molecule has 1 aliphatic heterocycles. The molecular weight excluding hydrogens is 272 g/mol. The van der Waals surface area contributed by atoms with E-state index in [0.29, 0.717) is 6.79 Å². The van der Waals surface area contributed by atoms with Gasteiger partial charge in [-0.2, -0.15) is 0 Å². The van der Waals surface area contributed by atoms with Crippen molar-refractivity contribution in [3.05, 3.63) is 58.1 Å². The van der Waals surface area contributed by atoms with Gasteiger partial charge in [0.15, 0.2) is 11.5 Å². The smallest absolute Gasteiger partial charge is 0.231 e. The Morgan fingerprint density at radius 2 is 1.75 bits per heavy atom. The van der Waals surface area contributed by atoms with Gasteiger partial charge in [-0.25, -0.2) is 0 Å². The third-order valence-electron chi connectivity index (χ3n) is 3.65. The molecule has 0 bridgehead atoms. The minimum atomic E-state index is 0.323. The highest BCUT2D eigenvalue weighted by molar-refractivity contribution is 6.31. The molecule has 3 rings (SSSR count). The summed E-state index contributed by atoms with van der Waals surface area (Å²) in [4.78, 5) is 0. The van der Waals surface area contributed by atoms with E-state index in [2.05, 4.69) is 37.3 Å². The minimum Gasteiger partial charge on any atom is -0.454 e. The van der Waals surface area contributed by atoms with E-state index in [1.54, 1.807) is 0 Å². The summed E-state index contributed by atoms with van der Waals surface area (Å²) in [5, 5.41) is 0.866. The molecule has 0 aromatic heterocycles. The maximum atomic E-state index is 6.32. The van der Waals surface area contributed by atoms with Crippen LogP contribution in [0.1, 0.15) is 23.6 Å². The van der Waals surface area contributed by atoms with E-state index in [-0.39, 0.29) is 0 Å². The molecule has 0 atom stereocenters. The summed E-state index contributed by atoms with van der Waals surface area (Å²) in [6, 6.07) is 12.5. The Bertz CT molecular complexity index is 622. The van der Waals surface area contributed by atoms with E-state index in [0.717, 1.165) is 35.8 Å². The van der Waals surface area contributed by atoms with Crippen LogP contribution in [0.2, 0.25) is 5.02 Å². The van der Waals surface area contributed by atoms with Crippen molar-refractivity contribution in [1.29, 1.82) is 0 Å². The van der Waals surface area contributed by atoms with Crippen molar-refractivity contribution in [2.45, 2.75) is 26.2 Å². The van der Waals surface area contributed by atoms with Crippen molar-refractivity contribution < 1.29 is 9.47 Å². The first kappa shape index (κ1) is 13.3. The number of halogens is 1. The van der Waals surface area contributed by atoms with E-state index in [1.165, 1.54) is 16.7 Å². The normalized spacial score (nSPS) is 12.7. The summed E-state index contributed by atoms with van der Waals surface area (Å²) >= 11 is 6.32. The number of ether oxygens (including phenoxy) is 2. The Labute approximate surface area is 124 Å². The molecule has 0 aliphatic carbocycles. The van der Waals surface area contributed by atoms with Crippen molar-refractivity contribution in [3.8, 4) is 11.5 Å². The Hall–Kier alpha value is -1.67. The molecule has 0 saturated carbocycles. The van der Waals surface area contributed by atoms with Crippen molar-refractivity contribution >= 4 is 11.6 Å². The minimum absolute atomic E-state index is 0.323. The Morgan fingerprint density at radius 3 is 2.55 bits per heavy atom. The van der Waals surface area contributed by atoms with Crippen molar-refractivity contribution in [2.24, 2.45) is 0 Å². The van der Waals surface area contributed by atoms with Gasteiger partial charge in [0, 0.05) is 5.02 Å². The van der Waals surface area contributed by atoms with Crippen LogP contribution in [0.4, 0.5) is 0 Å². The Kier molecular flexibility index (Phi) is 3.83. The predicted molar refractivity (Wildman–Crippen MR) is 80.8 cm³/mol. The summed E-state index contributed by atoms with van der Waals surface area (Å²) in [6.07, 6.45) is 2.90. The molecule has 2 aromatic carbocycles. The van der Waals surface area contributed by atoms with Crippen molar-refractivity contribution in [3.63, 3.8) is 0 Å². The predicted octanol–water partition coefficient (Wildman–Crippen LogP) is 4.42. The maximum absolute atomic E-state index is 6.32. The van der Waals surface area contributed by atoms with Crippen LogP contribution in [-0.4, -0.2) is 6.79 Å². The van der Waals surface area contributed by atoms with Gasteiger partial charge in [0.05, 0.1) is 0 Å². The molecule has 0 spiro atoms. The van der Waals surface area contributed by atoms with Gasteiger partial charge in [0.2, 0.25) is 6.79 Å². The average molecular weight is 289 g/mol. The van der Waals surface area contributed by atoms with E-state index in [9.17, 15) is 0 Å². The third-order valence-corrected chi connectivity index (χ3v) is 4.00. The standard InChI is InChI=1S/C17H17ClO2/c1-2-12-3-6-14(15(18)9-12)7-4-13-5-8-16-17(10-13)20-11-19-16/h3,5-6,8-10H,2,4,7,11H2,1H3. The lowest BCUT2D eigenvalue weighted by atomic mass is 10.0. The second-order valence-corrected chi connectivity index (χ2v) is 5.37. The number of aryl methyl sites for hydroxylation is 3. The molecule has 1 heterocycles.